The van der Waals surface area contributed by atoms with Gasteiger partial charge in [-0.25, -0.2) is 4.98 Å². The fourth-order valence-corrected chi connectivity index (χ4v) is 2.44. The van der Waals surface area contributed by atoms with Crippen molar-refractivity contribution in [1.82, 2.24) is 4.98 Å². The Morgan fingerprint density at radius 2 is 1.88 bits per heavy atom. The molecule has 1 amide bonds. The second-order valence-electron chi connectivity index (χ2n) is 4.52. The number of ether oxygens (including phenoxy) is 1. The maximum absolute atomic E-state index is 12.8. The van der Waals surface area contributed by atoms with E-state index < -0.39 is 40.6 Å². The molecule has 0 saturated carbocycles. The van der Waals surface area contributed by atoms with E-state index in [0.29, 0.717) is 17.4 Å². The summed E-state index contributed by atoms with van der Waals surface area (Å²) in [5, 5.41) is 1.03. The number of aromatic nitrogens is 1. The molecule has 2 heterocycles. The fraction of sp³-hybridized carbons (Fsp3) is 0.231. The molecular formula is C13H8F6N2O2S. The number of carbonyl (C=O) groups is 1. The van der Waals surface area contributed by atoms with Crippen molar-refractivity contribution in [3.05, 3.63) is 40.2 Å². The van der Waals surface area contributed by atoms with E-state index in [-0.39, 0.29) is 5.75 Å². The van der Waals surface area contributed by atoms with Gasteiger partial charge in [-0.05, 0) is 6.07 Å². The number of primary amides is 1. The minimum atomic E-state index is -4.96. The highest BCUT2D eigenvalue weighted by Gasteiger charge is 2.46. The summed E-state index contributed by atoms with van der Waals surface area (Å²) >= 11 is 0.363. The summed E-state index contributed by atoms with van der Waals surface area (Å²) in [5.74, 6) is -4.93. The lowest BCUT2D eigenvalue weighted by atomic mass is 10.0. The third kappa shape index (κ3) is 4.16. The summed E-state index contributed by atoms with van der Waals surface area (Å²) in [4.78, 5) is 13.6. The van der Waals surface area contributed by atoms with Gasteiger partial charge >= 0.3 is 12.4 Å². The van der Waals surface area contributed by atoms with Crippen molar-refractivity contribution in [3.63, 3.8) is 0 Å². The SMILES string of the molecule is NC(=O)C(c1cccc(Oc2csc(C(F)(F)F)c2)n1)C(F)(F)F. The summed E-state index contributed by atoms with van der Waals surface area (Å²) in [7, 11) is 0. The van der Waals surface area contributed by atoms with Crippen LogP contribution in [0.2, 0.25) is 0 Å². The summed E-state index contributed by atoms with van der Waals surface area (Å²) in [6.07, 6.45) is -9.52. The van der Waals surface area contributed by atoms with Crippen molar-refractivity contribution >= 4 is 17.2 Å². The van der Waals surface area contributed by atoms with E-state index in [1.807, 2.05) is 0 Å². The van der Waals surface area contributed by atoms with Crippen LogP contribution in [0.3, 0.4) is 0 Å². The van der Waals surface area contributed by atoms with Crippen LogP contribution in [0.5, 0.6) is 11.6 Å². The molecule has 1 unspecified atom stereocenters. The fourth-order valence-electron chi connectivity index (χ4n) is 1.76. The van der Waals surface area contributed by atoms with Gasteiger partial charge in [0.25, 0.3) is 0 Å². The number of amides is 1. The third-order valence-electron chi connectivity index (χ3n) is 2.73. The average molecular weight is 370 g/mol. The quantitative estimate of drug-likeness (QED) is 0.825. The van der Waals surface area contributed by atoms with Crippen LogP contribution in [-0.2, 0) is 11.0 Å². The topological polar surface area (TPSA) is 65.2 Å². The molecule has 4 nitrogen and oxygen atoms in total. The largest absolute Gasteiger partial charge is 0.438 e. The van der Waals surface area contributed by atoms with Crippen molar-refractivity contribution in [2.24, 2.45) is 5.73 Å². The number of pyridine rings is 1. The van der Waals surface area contributed by atoms with Crippen molar-refractivity contribution in [1.29, 1.82) is 0 Å². The molecule has 2 aromatic heterocycles. The molecule has 1 atom stereocenters. The van der Waals surface area contributed by atoms with Gasteiger partial charge < -0.3 is 10.5 Å². The maximum atomic E-state index is 12.8. The first-order valence-corrected chi connectivity index (χ1v) is 7.03. The number of thiophene rings is 1. The van der Waals surface area contributed by atoms with Crippen LogP contribution in [0.15, 0.2) is 29.6 Å². The monoisotopic (exact) mass is 370 g/mol. The number of nitrogens with zero attached hydrogens (tertiary/aromatic N) is 1. The normalized spacial score (nSPS) is 13.6. The summed E-state index contributed by atoms with van der Waals surface area (Å²) in [5.41, 5.74) is 4.04. The van der Waals surface area contributed by atoms with Gasteiger partial charge in [0.05, 0.1) is 5.69 Å². The average Bonchev–Trinajstić information content (AvgIpc) is 2.85. The number of hydrogen-bond acceptors (Lipinski definition) is 4. The number of rotatable bonds is 4. The highest BCUT2D eigenvalue weighted by Crippen LogP contribution is 2.38. The molecule has 0 aromatic carbocycles. The lowest BCUT2D eigenvalue weighted by Gasteiger charge is -2.16. The van der Waals surface area contributed by atoms with Crippen LogP contribution in [0.4, 0.5) is 26.3 Å². The maximum Gasteiger partial charge on any atom is 0.425 e. The summed E-state index contributed by atoms with van der Waals surface area (Å²) in [6.45, 7) is 0. The molecular weight excluding hydrogens is 362 g/mol. The van der Waals surface area contributed by atoms with Crippen LogP contribution >= 0.6 is 11.3 Å². The zero-order valence-corrected chi connectivity index (χ0v) is 12.3. The minimum absolute atomic E-state index is 0.236. The molecule has 2 aromatic rings. The molecule has 0 saturated heterocycles. The predicted octanol–water partition coefficient (Wildman–Crippen LogP) is 4.09. The first kappa shape index (κ1) is 18.0. The smallest absolute Gasteiger partial charge is 0.425 e. The van der Waals surface area contributed by atoms with E-state index in [9.17, 15) is 31.1 Å². The molecule has 0 aliphatic rings. The molecule has 0 aliphatic carbocycles. The van der Waals surface area contributed by atoms with Gasteiger partial charge in [0, 0.05) is 17.5 Å². The molecule has 2 rings (SSSR count). The Kier molecular flexibility index (Phi) is 4.74. The second kappa shape index (κ2) is 6.30. The Balaban J connectivity index is 2.27. The molecule has 0 fully saturated rings. The lowest BCUT2D eigenvalue weighted by molar-refractivity contribution is -0.163. The Bertz CT molecular complexity index is 741. The predicted molar refractivity (Wildman–Crippen MR) is 71.6 cm³/mol. The van der Waals surface area contributed by atoms with Gasteiger partial charge in [-0.15, -0.1) is 11.3 Å². The van der Waals surface area contributed by atoms with Crippen molar-refractivity contribution in [2.75, 3.05) is 0 Å². The summed E-state index contributed by atoms with van der Waals surface area (Å²) in [6, 6.07) is 3.87. The molecule has 24 heavy (non-hydrogen) atoms. The summed E-state index contributed by atoms with van der Waals surface area (Å²) < 4.78 is 81.0. The van der Waals surface area contributed by atoms with Crippen molar-refractivity contribution in [3.8, 4) is 11.6 Å². The zero-order valence-electron chi connectivity index (χ0n) is 11.5. The van der Waals surface area contributed by atoms with Crippen LogP contribution in [0, 0.1) is 0 Å². The molecule has 130 valence electrons. The van der Waals surface area contributed by atoms with Crippen LogP contribution in [0.1, 0.15) is 16.5 Å². The first-order valence-electron chi connectivity index (χ1n) is 6.15. The zero-order chi connectivity index (χ0) is 18.1. The van der Waals surface area contributed by atoms with E-state index in [0.717, 1.165) is 23.6 Å². The highest BCUT2D eigenvalue weighted by atomic mass is 32.1. The van der Waals surface area contributed by atoms with Gasteiger partial charge in [-0.2, -0.15) is 26.3 Å². The Hall–Kier alpha value is -2.30. The Morgan fingerprint density at radius 1 is 1.21 bits per heavy atom. The van der Waals surface area contributed by atoms with Crippen LogP contribution < -0.4 is 10.5 Å². The molecule has 0 radical (unpaired) electrons. The molecule has 0 aliphatic heterocycles. The van der Waals surface area contributed by atoms with Gasteiger partial charge in [0.1, 0.15) is 10.6 Å². The molecule has 2 N–H and O–H groups in total. The second-order valence-corrected chi connectivity index (χ2v) is 5.44. The highest BCUT2D eigenvalue weighted by molar-refractivity contribution is 7.10. The van der Waals surface area contributed by atoms with E-state index in [4.69, 9.17) is 10.5 Å². The van der Waals surface area contributed by atoms with Gasteiger partial charge in [0.2, 0.25) is 11.8 Å². The minimum Gasteiger partial charge on any atom is -0.438 e. The number of alkyl halides is 6. The van der Waals surface area contributed by atoms with Crippen LogP contribution in [-0.4, -0.2) is 17.1 Å². The van der Waals surface area contributed by atoms with Gasteiger partial charge in [-0.3, -0.25) is 4.79 Å². The van der Waals surface area contributed by atoms with E-state index >= 15 is 0 Å². The Labute approximate surface area is 134 Å². The van der Waals surface area contributed by atoms with E-state index in [1.54, 1.807) is 0 Å². The molecule has 0 spiro atoms. The van der Waals surface area contributed by atoms with Crippen molar-refractivity contribution < 1.29 is 35.9 Å². The van der Waals surface area contributed by atoms with Gasteiger partial charge in [0.15, 0.2) is 5.92 Å². The number of hydrogen-bond donors (Lipinski definition) is 1. The number of halogens is 6. The van der Waals surface area contributed by atoms with Gasteiger partial charge in [-0.1, -0.05) is 6.07 Å². The lowest BCUT2D eigenvalue weighted by Crippen LogP contribution is -2.34. The first-order chi connectivity index (χ1) is 11.0. The third-order valence-corrected chi connectivity index (χ3v) is 3.68. The molecule has 0 bridgehead atoms. The van der Waals surface area contributed by atoms with Crippen molar-refractivity contribution in [2.45, 2.75) is 18.3 Å². The number of carbonyl (C=O) groups excluding carboxylic acids is 1. The Morgan fingerprint density at radius 3 is 2.38 bits per heavy atom. The van der Waals surface area contributed by atoms with E-state index in [2.05, 4.69) is 4.98 Å². The number of nitrogens with two attached hydrogens (primary N) is 1. The van der Waals surface area contributed by atoms with Crippen LogP contribution in [0.25, 0.3) is 0 Å². The standard InChI is InChI=1S/C13H8F6N2O2S/c14-12(15,16)8-4-6(5-24-8)23-9-3-1-2-7(21-9)10(11(20)22)13(17,18)19/h1-5,10H,(H2,20,22). The molecule has 11 heteroatoms. The van der Waals surface area contributed by atoms with E-state index in [1.165, 1.54) is 0 Å².